The van der Waals surface area contributed by atoms with Gasteiger partial charge in [-0.05, 0) is 25.1 Å². The number of nitro benzene ring substituents is 1. The first-order chi connectivity index (χ1) is 10.0. The van der Waals surface area contributed by atoms with E-state index in [1.165, 1.54) is 30.5 Å². The Bertz CT molecular complexity index is 683. The summed E-state index contributed by atoms with van der Waals surface area (Å²) in [6, 6.07) is 7.40. The number of nitrogens with one attached hydrogen (secondary N) is 2. The number of carbonyl (C=O) groups excluding carboxylic acids is 1. The van der Waals surface area contributed by atoms with Gasteiger partial charge in [-0.15, -0.1) is 0 Å². The lowest BCUT2D eigenvalue weighted by molar-refractivity contribution is -0.384. The van der Waals surface area contributed by atoms with Crippen molar-refractivity contribution in [2.45, 2.75) is 6.92 Å². The number of anilines is 2. The lowest BCUT2D eigenvalue weighted by Gasteiger charge is -2.10. The van der Waals surface area contributed by atoms with Crippen LogP contribution in [0.3, 0.4) is 0 Å². The number of rotatable bonds is 4. The van der Waals surface area contributed by atoms with E-state index in [1.54, 1.807) is 13.1 Å². The fourth-order valence-corrected chi connectivity index (χ4v) is 1.81. The van der Waals surface area contributed by atoms with Crippen LogP contribution in [0.2, 0.25) is 0 Å². The highest BCUT2D eigenvalue weighted by atomic mass is 16.6. The van der Waals surface area contributed by atoms with Gasteiger partial charge in [-0.3, -0.25) is 19.9 Å². The highest BCUT2D eigenvalue weighted by Gasteiger charge is 2.12. The molecule has 0 saturated carbocycles. The fraction of sp³-hybridized carbons (Fsp3) is 0.143. The van der Waals surface area contributed by atoms with Crippen LogP contribution >= 0.6 is 0 Å². The summed E-state index contributed by atoms with van der Waals surface area (Å²) in [7, 11) is 1.72. The number of amides is 1. The lowest BCUT2D eigenvalue weighted by Crippen LogP contribution is -2.14. The molecule has 0 aliphatic heterocycles. The van der Waals surface area contributed by atoms with Crippen LogP contribution in [0.1, 0.15) is 16.1 Å². The van der Waals surface area contributed by atoms with Gasteiger partial charge >= 0.3 is 0 Å². The van der Waals surface area contributed by atoms with Gasteiger partial charge in [-0.2, -0.15) is 0 Å². The molecule has 0 spiro atoms. The summed E-state index contributed by atoms with van der Waals surface area (Å²) in [6.45, 7) is 1.83. The first kappa shape index (κ1) is 14.4. The molecule has 2 rings (SSSR count). The van der Waals surface area contributed by atoms with Crippen molar-refractivity contribution in [1.29, 1.82) is 0 Å². The molecule has 1 aromatic carbocycles. The number of pyridine rings is 1. The summed E-state index contributed by atoms with van der Waals surface area (Å²) in [4.78, 5) is 26.4. The van der Waals surface area contributed by atoms with E-state index in [0.717, 1.165) is 5.69 Å². The molecule has 2 N–H and O–H groups in total. The number of benzene rings is 1. The van der Waals surface area contributed by atoms with Crippen molar-refractivity contribution in [1.82, 2.24) is 4.98 Å². The third-order valence-corrected chi connectivity index (χ3v) is 2.89. The van der Waals surface area contributed by atoms with Crippen molar-refractivity contribution in [3.63, 3.8) is 0 Å². The van der Waals surface area contributed by atoms with E-state index in [4.69, 9.17) is 0 Å². The van der Waals surface area contributed by atoms with Gasteiger partial charge in [0, 0.05) is 36.8 Å². The van der Waals surface area contributed by atoms with Crippen molar-refractivity contribution in [3.8, 4) is 0 Å². The molecule has 7 nitrogen and oxygen atoms in total. The maximum Gasteiger partial charge on any atom is 0.269 e. The Morgan fingerprint density at radius 1 is 1.29 bits per heavy atom. The smallest absolute Gasteiger partial charge is 0.269 e. The third-order valence-electron chi connectivity index (χ3n) is 2.89. The summed E-state index contributed by atoms with van der Waals surface area (Å²) in [5, 5.41) is 16.2. The van der Waals surface area contributed by atoms with Gasteiger partial charge in [0.1, 0.15) is 0 Å². The number of aryl methyl sites for hydroxylation is 1. The number of hydrogen-bond acceptors (Lipinski definition) is 5. The molecule has 1 amide bonds. The Balaban J connectivity index is 2.19. The Labute approximate surface area is 121 Å². The Kier molecular flexibility index (Phi) is 4.13. The molecule has 0 bridgehead atoms. The highest BCUT2D eigenvalue weighted by molar-refractivity contribution is 6.07. The maximum absolute atomic E-state index is 12.2. The van der Waals surface area contributed by atoms with Gasteiger partial charge in [0.05, 0.1) is 16.2 Å². The molecule has 0 unspecified atom stereocenters. The zero-order valence-corrected chi connectivity index (χ0v) is 11.6. The second kappa shape index (κ2) is 6.00. The molecular weight excluding hydrogens is 272 g/mol. The minimum absolute atomic E-state index is 0.0269. The monoisotopic (exact) mass is 286 g/mol. The Hall–Kier alpha value is -2.96. The first-order valence-corrected chi connectivity index (χ1v) is 6.21. The lowest BCUT2D eigenvalue weighted by atomic mass is 10.2. The topological polar surface area (TPSA) is 97.2 Å². The van der Waals surface area contributed by atoms with E-state index in [2.05, 4.69) is 15.6 Å². The summed E-state index contributed by atoms with van der Waals surface area (Å²) < 4.78 is 0. The fourth-order valence-electron chi connectivity index (χ4n) is 1.81. The number of nitro groups is 1. The predicted molar refractivity (Wildman–Crippen MR) is 79.6 cm³/mol. The maximum atomic E-state index is 12.2. The van der Waals surface area contributed by atoms with Gasteiger partial charge in [-0.25, -0.2) is 0 Å². The summed E-state index contributed by atoms with van der Waals surface area (Å²) in [5.41, 5.74) is 2.32. The average Bonchev–Trinajstić information content (AvgIpc) is 2.47. The van der Waals surface area contributed by atoms with Crippen LogP contribution in [-0.4, -0.2) is 22.9 Å². The highest BCUT2D eigenvalue weighted by Crippen LogP contribution is 2.19. The van der Waals surface area contributed by atoms with Gasteiger partial charge < -0.3 is 10.6 Å². The minimum atomic E-state index is -0.491. The molecule has 0 fully saturated rings. The quantitative estimate of drug-likeness (QED) is 0.665. The molecular formula is C14H14N4O3. The SMILES string of the molecule is CNc1cc(C)ncc1C(=O)Nc1ccc([N+](=O)[O-])cc1. The van der Waals surface area contributed by atoms with Crippen molar-refractivity contribution in [2.75, 3.05) is 17.7 Å². The van der Waals surface area contributed by atoms with Crippen LogP contribution in [-0.2, 0) is 0 Å². The van der Waals surface area contributed by atoms with Gasteiger partial charge in [0.25, 0.3) is 11.6 Å². The molecule has 0 atom stereocenters. The van der Waals surface area contributed by atoms with Crippen molar-refractivity contribution in [3.05, 3.63) is 57.9 Å². The van der Waals surface area contributed by atoms with E-state index >= 15 is 0 Å². The number of hydrogen-bond donors (Lipinski definition) is 2. The molecule has 1 aromatic heterocycles. The average molecular weight is 286 g/mol. The Morgan fingerprint density at radius 2 is 1.95 bits per heavy atom. The molecule has 0 saturated heterocycles. The molecule has 0 aliphatic rings. The van der Waals surface area contributed by atoms with Crippen molar-refractivity contribution >= 4 is 23.0 Å². The van der Waals surface area contributed by atoms with Crippen LogP contribution in [0, 0.1) is 17.0 Å². The number of nitrogens with zero attached hydrogens (tertiary/aromatic N) is 2. The zero-order valence-electron chi connectivity index (χ0n) is 11.6. The summed E-state index contributed by atoms with van der Waals surface area (Å²) in [5.74, 6) is -0.333. The number of carbonyl (C=O) groups is 1. The standard InChI is InChI=1S/C14H14N4O3/c1-9-7-13(15-2)12(8-16-9)14(19)17-10-3-5-11(6-4-10)18(20)21/h3-8H,1-2H3,(H,15,16)(H,17,19). The number of aromatic nitrogens is 1. The van der Waals surface area contributed by atoms with E-state index < -0.39 is 4.92 Å². The van der Waals surface area contributed by atoms with Crippen molar-refractivity contribution in [2.24, 2.45) is 0 Å². The molecule has 7 heteroatoms. The van der Waals surface area contributed by atoms with E-state index in [9.17, 15) is 14.9 Å². The normalized spacial score (nSPS) is 10.0. The number of non-ortho nitro benzene ring substituents is 1. The third kappa shape index (κ3) is 3.33. The first-order valence-electron chi connectivity index (χ1n) is 6.21. The summed E-state index contributed by atoms with van der Waals surface area (Å²) in [6.07, 6.45) is 1.49. The second-order valence-corrected chi connectivity index (χ2v) is 4.38. The zero-order chi connectivity index (χ0) is 15.4. The predicted octanol–water partition coefficient (Wildman–Crippen LogP) is 2.59. The largest absolute Gasteiger partial charge is 0.387 e. The van der Waals surface area contributed by atoms with Gasteiger partial charge in [0.2, 0.25) is 0 Å². The molecule has 21 heavy (non-hydrogen) atoms. The van der Waals surface area contributed by atoms with Crippen molar-refractivity contribution < 1.29 is 9.72 Å². The van der Waals surface area contributed by atoms with Gasteiger partial charge in [0.15, 0.2) is 0 Å². The molecule has 0 aliphatic carbocycles. The molecule has 0 radical (unpaired) electrons. The van der Waals surface area contributed by atoms with Crippen LogP contribution in [0.15, 0.2) is 36.5 Å². The van der Waals surface area contributed by atoms with Crippen LogP contribution in [0.25, 0.3) is 0 Å². The van der Waals surface area contributed by atoms with Crippen LogP contribution < -0.4 is 10.6 Å². The van der Waals surface area contributed by atoms with E-state index in [0.29, 0.717) is 16.9 Å². The minimum Gasteiger partial charge on any atom is -0.387 e. The second-order valence-electron chi connectivity index (χ2n) is 4.38. The molecule has 108 valence electrons. The van der Waals surface area contributed by atoms with Gasteiger partial charge in [-0.1, -0.05) is 0 Å². The van der Waals surface area contributed by atoms with Crippen LogP contribution in [0.5, 0.6) is 0 Å². The molecule has 2 aromatic rings. The Morgan fingerprint density at radius 3 is 2.52 bits per heavy atom. The van der Waals surface area contributed by atoms with E-state index in [1.807, 2.05) is 6.92 Å². The van der Waals surface area contributed by atoms with E-state index in [-0.39, 0.29) is 11.6 Å². The molecule has 1 heterocycles. The van der Waals surface area contributed by atoms with Crippen LogP contribution in [0.4, 0.5) is 17.1 Å². The summed E-state index contributed by atoms with van der Waals surface area (Å²) >= 11 is 0.